The van der Waals surface area contributed by atoms with E-state index in [4.69, 9.17) is 21.7 Å². The fourth-order valence-electron chi connectivity index (χ4n) is 3.65. The Kier molecular flexibility index (Phi) is 6.51. The molecule has 2 aliphatic rings. The van der Waals surface area contributed by atoms with E-state index in [0.717, 1.165) is 55.6 Å². The molecule has 2 saturated heterocycles. The molecule has 0 amide bonds. The zero-order valence-corrected chi connectivity index (χ0v) is 16.1. The second kappa shape index (κ2) is 8.83. The van der Waals surface area contributed by atoms with Gasteiger partial charge >= 0.3 is 0 Å². The van der Waals surface area contributed by atoms with Crippen molar-refractivity contribution in [3.8, 4) is 5.75 Å². The Labute approximate surface area is 156 Å². The van der Waals surface area contributed by atoms with Crippen LogP contribution in [-0.2, 0) is 4.74 Å². The highest BCUT2D eigenvalue weighted by atomic mass is 32.1. The average molecular weight is 364 g/mol. The van der Waals surface area contributed by atoms with E-state index in [2.05, 4.69) is 22.2 Å². The van der Waals surface area contributed by atoms with Crippen LogP contribution in [0.4, 0.5) is 5.69 Å². The maximum absolute atomic E-state index is 5.76. The first-order valence-electron chi connectivity index (χ1n) is 9.17. The van der Waals surface area contributed by atoms with Crippen LogP contribution in [-0.4, -0.2) is 67.5 Å². The molecule has 2 fully saturated rings. The minimum atomic E-state index is 0.431. The molecule has 0 aromatic heterocycles. The Balaban J connectivity index is 1.43. The maximum atomic E-state index is 5.76. The largest absolute Gasteiger partial charge is 0.497 e. The van der Waals surface area contributed by atoms with Gasteiger partial charge in [0, 0.05) is 38.0 Å². The van der Waals surface area contributed by atoms with Gasteiger partial charge in [0.25, 0.3) is 0 Å². The van der Waals surface area contributed by atoms with Crippen molar-refractivity contribution in [1.82, 2.24) is 9.80 Å². The molecule has 25 heavy (non-hydrogen) atoms. The fourth-order valence-corrected chi connectivity index (χ4v) is 3.95. The summed E-state index contributed by atoms with van der Waals surface area (Å²) in [4.78, 5) is 4.75. The molecular weight excluding hydrogens is 334 g/mol. The molecule has 2 aliphatic heterocycles. The summed E-state index contributed by atoms with van der Waals surface area (Å²) in [6, 6.07) is 8.50. The zero-order valence-electron chi connectivity index (χ0n) is 15.2. The number of hydrogen-bond acceptors (Lipinski definition) is 4. The van der Waals surface area contributed by atoms with Gasteiger partial charge < -0.3 is 24.6 Å². The lowest BCUT2D eigenvalue weighted by Gasteiger charge is -2.38. The Morgan fingerprint density at radius 1 is 1.28 bits per heavy atom. The third kappa shape index (κ3) is 5.06. The number of likely N-dealkylation sites (tertiary alicyclic amines) is 1. The van der Waals surface area contributed by atoms with E-state index >= 15 is 0 Å². The number of rotatable bonds is 5. The lowest BCUT2D eigenvalue weighted by molar-refractivity contribution is 0.0576. The van der Waals surface area contributed by atoms with Crippen LogP contribution in [0.2, 0.25) is 0 Å². The lowest BCUT2D eigenvalue weighted by atomic mass is 10.0. The second-order valence-corrected chi connectivity index (χ2v) is 7.34. The van der Waals surface area contributed by atoms with Gasteiger partial charge in [0.1, 0.15) is 5.75 Å². The summed E-state index contributed by atoms with van der Waals surface area (Å²) in [5.74, 6) is 0.853. The Morgan fingerprint density at radius 3 is 2.60 bits per heavy atom. The number of hydrogen-bond donors (Lipinski definition) is 1. The number of thiocarbonyl (C=S) groups is 1. The first-order chi connectivity index (χ1) is 12.2. The van der Waals surface area contributed by atoms with Crippen LogP contribution in [0.1, 0.15) is 25.7 Å². The van der Waals surface area contributed by atoms with Crippen LogP contribution in [0.25, 0.3) is 0 Å². The monoisotopic (exact) mass is 363 g/mol. The van der Waals surface area contributed by atoms with E-state index in [1.807, 2.05) is 24.3 Å². The summed E-state index contributed by atoms with van der Waals surface area (Å²) in [5, 5.41) is 4.14. The van der Waals surface area contributed by atoms with E-state index in [-0.39, 0.29) is 0 Å². The number of nitrogens with one attached hydrogen (secondary N) is 1. The molecular formula is C19H29N3O2S. The first-order valence-corrected chi connectivity index (χ1v) is 9.58. The molecule has 1 aromatic rings. The van der Waals surface area contributed by atoms with Crippen molar-refractivity contribution < 1.29 is 9.47 Å². The lowest BCUT2D eigenvalue weighted by Crippen LogP contribution is -2.48. The quantitative estimate of drug-likeness (QED) is 0.811. The highest BCUT2D eigenvalue weighted by molar-refractivity contribution is 7.80. The predicted molar refractivity (Wildman–Crippen MR) is 105 cm³/mol. The van der Waals surface area contributed by atoms with E-state index < -0.39 is 0 Å². The Bertz CT molecular complexity index is 552. The molecule has 0 aliphatic carbocycles. The van der Waals surface area contributed by atoms with Gasteiger partial charge in [0.05, 0.1) is 13.2 Å². The van der Waals surface area contributed by atoms with Crippen molar-refractivity contribution in [2.75, 3.05) is 45.7 Å². The molecule has 0 spiro atoms. The van der Waals surface area contributed by atoms with Crippen molar-refractivity contribution in [3.63, 3.8) is 0 Å². The molecule has 1 aromatic carbocycles. The van der Waals surface area contributed by atoms with Gasteiger partial charge in [-0.25, -0.2) is 0 Å². The molecule has 2 heterocycles. The van der Waals surface area contributed by atoms with Crippen molar-refractivity contribution in [2.24, 2.45) is 0 Å². The Hall–Kier alpha value is -1.37. The van der Waals surface area contributed by atoms with E-state index in [9.17, 15) is 0 Å². The summed E-state index contributed by atoms with van der Waals surface area (Å²) in [6.45, 7) is 3.99. The summed E-state index contributed by atoms with van der Waals surface area (Å²) in [6.07, 6.45) is 5.14. The smallest absolute Gasteiger partial charge is 0.173 e. The van der Waals surface area contributed by atoms with Crippen molar-refractivity contribution in [3.05, 3.63) is 24.3 Å². The van der Waals surface area contributed by atoms with Crippen molar-refractivity contribution in [2.45, 2.75) is 37.8 Å². The van der Waals surface area contributed by atoms with Crippen molar-refractivity contribution in [1.29, 1.82) is 0 Å². The summed E-state index contributed by atoms with van der Waals surface area (Å²) < 4.78 is 11.0. The van der Waals surface area contributed by atoms with Gasteiger partial charge in [0.15, 0.2) is 5.11 Å². The topological polar surface area (TPSA) is 37.0 Å². The van der Waals surface area contributed by atoms with Gasteiger partial charge in [0.2, 0.25) is 0 Å². The molecule has 1 atom stereocenters. The van der Waals surface area contributed by atoms with Gasteiger partial charge in [-0.2, -0.15) is 0 Å². The molecule has 0 saturated carbocycles. The van der Waals surface area contributed by atoms with E-state index in [1.165, 1.54) is 12.8 Å². The number of anilines is 1. The molecule has 3 rings (SSSR count). The van der Waals surface area contributed by atoms with Crippen molar-refractivity contribution >= 4 is 23.0 Å². The molecule has 6 heteroatoms. The maximum Gasteiger partial charge on any atom is 0.173 e. The highest BCUT2D eigenvalue weighted by Crippen LogP contribution is 2.21. The highest BCUT2D eigenvalue weighted by Gasteiger charge is 2.26. The van der Waals surface area contributed by atoms with Crippen LogP contribution in [0.5, 0.6) is 5.75 Å². The van der Waals surface area contributed by atoms with Gasteiger partial charge in [-0.15, -0.1) is 0 Å². The fraction of sp³-hybridized carbons (Fsp3) is 0.632. The zero-order chi connectivity index (χ0) is 17.6. The molecule has 0 bridgehead atoms. The predicted octanol–water partition coefficient (Wildman–Crippen LogP) is 2.97. The third-order valence-electron chi connectivity index (χ3n) is 5.23. The van der Waals surface area contributed by atoms with E-state index in [1.54, 1.807) is 7.11 Å². The van der Waals surface area contributed by atoms with Crippen LogP contribution in [0.3, 0.4) is 0 Å². The van der Waals surface area contributed by atoms with E-state index in [0.29, 0.717) is 12.1 Å². The molecule has 138 valence electrons. The molecule has 5 nitrogen and oxygen atoms in total. The van der Waals surface area contributed by atoms with Gasteiger partial charge in [-0.3, -0.25) is 0 Å². The van der Waals surface area contributed by atoms with Crippen LogP contribution in [0.15, 0.2) is 24.3 Å². The first kappa shape index (κ1) is 18.4. The minimum Gasteiger partial charge on any atom is -0.497 e. The number of piperidine rings is 1. The molecule has 0 radical (unpaired) electrons. The normalized spacial score (nSPS) is 21.6. The minimum absolute atomic E-state index is 0.431. The van der Waals surface area contributed by atoms with Gasteiger partial charge in [-0.05, 0) is 69.2 Å². The standard InChI is InChI=1S/C19H29N3O2S/c1-21(14-18-4-3-13-24-18)16-9-11-22(12-10-16)19(25)20-15-5-7-17(23-2)8-6-15/h5-8,16,18H,3-4,9-14H2,1-2H3,(H,20,25)/t18-/m0/s1. The van der Waals surface area contributed by atoms with Gasteiger partial charge in [-0.1, -0.05) is 0 Å². The Morgan fingerprint density at radius 2 is 2.00 bits per heavy atom. The molecule has 0 unspecified atom stereocenters. The SMILES string of the molecule is COc1ccc(NC(=S)N2CCC(N(C)C[C@@H]3CCCO3)CC2)cc1. The van der Waals surface area contributed by atoms with Crippen LogP contribution < -0.4 is 10.1 Å². The number of benzene rings is 1. The summed E-state index contributed by atoms with van der Waals surface area (Å²) in [7, 11) is 3.91. The van der Waals surface area contributed by atoms with Crippen LogP contribution in [0, 0.1) is 0 Å². The third-order valence-corrected chi connectivity index (χ3v) is 5.59. The van der Waals surface area contributed by atoms with Crippen LogP contribution >= 0.6 is 12.2 Å². The summed E-state index contributed by atoms with van der Waals surface area (Å²) in [5.41, 5.74) is 1.00. The number of methoxy groups -OCH3 is 1. The number of ether oxygens (including phenoxy) is 2. The number of nitrogens with zero attached hydrogens (tertiary/aromatic N) is 2. The second-order valence-electron chi connectivity index (χ2n) is 6.95. The average Bonchev–Trinajstić information content (AvgIpc) is 3.15. The number of likely N-dealkylation sites (N-methyl/N-ethyl adjacent to an activating group) is 1. The summed E-state index contributed by atoms with van der Waals surface area (Å²) >= 11 is 5.59. The molecule has 1 N–H and O–H groups in total.